The van der Waals surface area contributed by atoms with Crippen molar-refractivity contribution in [3.05, 3.63) is 77.1 Å². The highest BCUT2D eigenvalue weighted by Gasteiger charge is 2.55. The molecule has 9 heteroatoms. The van der Waals surface area contributed by atoms with Gasteiger partial charge in [0.1, 0.15) is 6.54 Å². The van der Waals surface area contributed by atoms with Crippen molar-refractivity contribution < 1.29 is 4.79 Å². The normalized spacial score (nSPS) is 26.9. The fourth-order valence-electron chi connectivity index (χ4n) is 6.05. The predicted octanol–water partition coefficient (Wildman–Crippen LogP) is 7.27. The summed E-state index contributed by atoms with van der Waals surface area (Å²) >= 11 is 18.8. The number of benzene rings is 2. The first kappa shape index (κ1) is 23.2. The fourth-order valence-corrected chi connectivity index (χ4v) is 9.76. The highest BCUT2D eigenvalue weighted by Crippen LogP contribution is 2.64. The van der Waals surface area contributed by atoms with Gasteiger partial charge >= 0.3 is 4.87 Å². The molecule has 2 aliphatic carbocycles. The molecule has 34 heavy (non-hydrogen) atoms. The van der Waals surface area contributed by atoms with Crippen LogP contribution in [0.1, 0.15) is 35.6 Å². The van der Waals surface area contributed by atoms with Gasteiger partial charge in [-0.1, -0.05) is 62.6 Å². The van der Waals surface area contributed by atoms with E-state index in [1.807, 2.05) is 11.8 Å². The molecule has 2 heterocycles. The number of carbonyl (C=O) groups is 1. The van der Waals surface area contributed by atoms with Crippen LogP contribution in [0.4, 0.5) is 5.69 Å². The lowest BCUT2D eigenvalue weighted by Gasteiger charge is -2.40. The number of rotatable bonds is 4. The smallest absolute Gasteiger partial charge is 0.308 e. The average Bonchev–Trinajstić information content (AvgIpc) is 3.50. The number of hydrogen-bond acceptors (Lipinski definition) is 4. The van der Waals surface area contributed by atoms with Crippen molar-refractivity contribution in [1.82, 2.24) is 4.57 Å². The zero-order valence-corrected chi connectivity index (χ0v) is 22.7. The maximum atomic E-state index is 13.2. The number of anilines is 1. The van der Waals surface area contributed by atoms with Crippen LogP contribution in [0.2, 0.25) is 10.0 Å². The van der Waals surface area contributed by atoms with Crippen LogP contribution in [0.5, 0.6) is 0 Å². The van der Waals surface area contributed by atoms with Crippen molar-refractivity contribution in [2.45, 2.75) is 42.0 Å². The van der Waals surface area contributed by atoms with E-state index in [1.54, 1.807) is 22.8 Å². The van der Waals surface area contributed by atoms with E-state index in [-0.39, 0.29) is 23.2 Å². The van der Waals surface area contributed by atoms with Crippen LogP contribution in [0.3, 0.4) is 0 Å². The van der Waals surface area contributed by atoms with Gasteiger partial charge in [-0.25, -0.2) is 0 Å². The molecule has 6 rings (SSSR count). The van der Waals surface area contributed by atoms with Crippen LogP contribution < -0.4 is 10.2 Å². The molecule has 0 saturated heterocycles. The van der Waals surface area contributed by atoms with E-state index in [0.717, 1.165) is 14.4 Å². The van der Waals surface area contributed by atoms with Crippen LogP contribution in [-0.4, -0.2) is 15.7 Å². The third-order valence-electron chi connectivity index (χ3n) is 7.42. The Labute approximate surface area is 224 Å². The Morgan fingerprint density at radius 1 is 1.09 bits per heavy atom. The van der Waals surface area contributed by atoms with Gasteiger partial charge in [0.05, 0.1) is 15.1 Å². The van der Waals surface area contributed by atoms with E-state index in [1.165, 1.54) is 36.2 Å². The second-order valence-corrected chi connectivity index (χ2v) is 13.2. The number of aromatic nitrogens is 1. The van der Waals surface area contributed by atoms with Crippen molar-refractivity contribution in [2.75, 3.05) is 5.32 Å². The van der Waals surface area contributed by atoms with Gasteiger partial charge in [0.15, 0.2) is 0 Å². The Hall–Kier alpha value is -1.25. The van der Waals surface area contributed by atoms with Crippen molar-refractivity contribution >= 4 is 73.8 Å². The average molecular weight is 596 g/mol. The summed E-state index contributed by atoms with van der Waals surface area (Å²) in [4.78, 5) is 27.1. The molecule has 1 amide bonds. The van der Waals surface area contributed by atoms with E-state index in [4.69, 9.17) is 23.2 Å². The highest BCUT2D eigenvalue weighted by atomic mass is 79.9. The minimum atomic E-state index is -0.253. The summed E-state index contributed by atoms with van der Waals surface area (Å²) in [7, 11) is 0. The molecule has 4 nitrogen and oxygen atoms in total. The predicted molar refractivity (Wildman–Crippen MR) is 144 cm³/mol. The molecule has 2 saturated carbocycles. The number of thiazole rings is 1. The lowest BCUT2D eigenvalue weighted by molar-refractivity contribution is -0.116. The monoisotopic (exact) mass is 594 g/mol. The van der Waals surface area contributed by atoms with Crippen LogP contribution in [0.15, 0.2) is 56.8 Å². The maximum Gasteiger partial charge on any atom is 0.308 e. The highest BCUT2D eigenvalue weighted by molar-refractivity contribution is 9.10. The van der Waals surface area contributed by atoms with Gasteiger partial charge in [0, 0.05) is 26.2 Å². The second-order valence-electron chi connectivity index (χ2n) is 9.32. The number of thioether (sulfide) groups is 1. The first-order valence-electron chi connectivity index (χ1n) is 11.3. The van der Waals surface area contributed by atoms with Crippen molar-refractivity contribution in [1.29, 1.82) is 0 Å². The van der Waals surface area contributed by atoms with Gasteiger partial charge in [-0.3, -0.25) is 14.2 Å². The van der Waals surface area contributed by atoms with Crippen molar-refractivity contribution in [2.24, 2.45) is 17.8 Å². The molecule has 5 atom stereocenters. The molecule has 176 valence electrons. The number of nitrogens with zero attached hydrogens (tertiary/aromatic N) is 1. The zero-order valence-electron chi connectivity index (χ0n) is 18.0. The van der Waals surface area contributed by atoms with E-state index in [0.29, 0.717) is 38.7 Å². The molecule has 2 fully saturated rings. The van der Waals surface area contributed by atoms with E-state index < -0.39 is 0 Å². The number of halogens is 3. The Bertz CT molecular complexity index is 1340. The van der Waals surface area contributed by atoms with E-state index >= 15 is 0 Å². The summed E-state index contributed by atoms with van der Waals surface area (Å²) < 4.78 is 2.72. The minimum absolute atomic E-state index is 0.0174. The number of nitrogens with one attached hydrogen (secondary N) is 1. The summed E-state index contributed by atoms with van der Waals surface area (Å²) in [6.45, 7) is -0.0174. The SMILES string of the molecule is O=C(Cn1c2c(sc1=O)[C@@H](c1ccc(Br)cc1)[C@@H]1[C@H]3CC[C@@H](C3)[C@H]1S2)Nc1ccc(Cl)c(Cl)c1. The molecular weight excluding hydrogens is 575 g/mol. The van der Waals surface area contributed by atoms with Gasteiger partial charge < -0.3 is 5.32 Å². The molecule has 1 aromatic heterocycles. The Morgan fingerprint density at radius 2 is 1.85 bits per heavy atom. The number of hydrogen-bond donors (Lipinski definition) is 1. The quantitative estimate of drug-likeness (QED) is 0.345. The third-order valence-corrected chi connectivity index (χ3v) is 11.5. The first-order valence-corrected chi connectivity index (χ1v) is 14.5. The number of carbonyl (C=O) groups excluding carboxylic acids is 1. The molecule has 0 unspecified atom stereocenters. The molecule has 0 radical (unpaired) electrons. The second kappa shape index (κ2) is 9.00. The van der Waals surface area contributed by atoms with Crippen molar-refractivity contribution in [3.8, 4) is 0 Å². The van der Waals surface area contributed by atoms with Gasteiger partial charge in [0.2, 0.25) is 5.91 Å². The summed E-state index contributed by atoms with van der Waals surface area (Å²) in [5, 5.41) is 5.13. The molecule has 3 aliphatic rings. The van der Waals surface area contributed by atoms with Gasteiger partial charge in [-0.05, 0) is 72.9 Å². The standard InChI is InChI=1S/C25H21BrCl2N2O2S2/c26-15-5-3-12(4-6-15)20-21-13-1-2-14(9-13)22(21)33-24-23(20)34-25(32)30(24)11-19(31)29-16-7-8-17(27)18(28)10-16/h3-8,10,13-14,20-22H,1-2,9,11H2,(H,29,31)/t13-,14-,20-,21-,22+/m0/s1. The summed E-state index contributed by atoms with van der Waals surface area (Å²) in [6, 6.07) is 13.5. The van der Waals surface area contributed by atoms with Crippen LogP contribution in [-0.2, 0) is 11.3 Å². The number of amides is 1. The zero-order chi connectivity index (χ0) is 23.6. The van der Waals surface area contributed by atoms with Crippen LogP contribution in [0, 0.1) is 17.8 Å². The largest absolute Gasteiger partial charge is 0.324 e. The Morgan fingerprint density at radius 3 is 2.62 bits per heavy atom. The fraction of sp³-hybridized carbons (Fsp3) is 0.360. The van der Waals surface area contributed by atoms with Crippen LogP contribution >= 0.6 is 62.2 Å². The summed E-state index contributed by atoms with van der Waals surface area (Å²) in [5.74, 6) is 1.92. The lowest BCUT2D eigenvalue weighted by Crippen LogP contribution is -2.34. The molecule has 1 aliphatic heterocycles. The minimum Gasteiger partial charge on any atom is -0.324 e. The molecule has 0 spiro atoms. The topological polar surface area (TPSA) is 51.1 Å². The maximum absolute atomic E-state index is 13.2. The molecule has 1 N–H and O–H groups in total. The van der Waals surface area contributed by atoms with Gasteiger partial charge in [-0.15, -0.1) is 11.8 Å². The first-order chi connectivity index (χ1) is 16.4. The Balaban J connectivity index is 1.35. The lowest BCUT2D eigenvalue weighted by atomic mass is 9.75. The van der Waals surface area contributed by atoms with E-state index in [9.17, 15) is 9.59 Å². The van der Waals surface area contributed by atoms with Gasteiger partial charge in [-0.2, -0.15) is 0 Å². The van der Waals surface area contributed by atoms with Crippen LogP contribution in [0.25, 0.3) is 0 Å². The molecular formula is C25H21BrCl2N2O2S2. The summed E-state index contributed by atoms with van der Waals surface area (Å²) in [5.41, 5.74) is 1.83. The van der Waals surface area contributed by atoms with E-state index in [2.05, 4.69) is 45.5 Å². The van der Waals surface area contributed by atoms with Gasteiger partial charge in [0.25, 0.3) is 0 Å². The molecule has 2 bridgehead atoms. The molecule has 3 aromatic rings. The molecule has 2 aromatic carbocycles. The Kier molecular flexibility index (Phi) is 6.13. The van der Waals surface area contributed by atoms with Crippen molar-refractivity contribution in [3.63, 3.8) is 0 Å². The third kappa shape index (κ3) is 3.97. The number of fused-ring (bicyclic) bond motifs is 6. The summed E-state index contributed by atoms with van der Waals surface area (Å²) in [6.07, 6.45) is 3.84.